The molecule has 2 rings (SSSR count). The van der Waals surface area contributed by atoms with Gasteiger partial charge in [-0.05, 0) is 37.0 Å². The van der Waals surface area contributed by atoms with Crippen LogP contribution in [-0.2, 0) is 0 Å². The summed E-state index contributed by atoms with van der Waals surface area (Å²) in [4.78, 5) is 2.74. The van der Waals surface area contributed by atoms with Crippen molar-refractivity contribution in [3.63, 3.8) is 0 Å². The van der Waals surface area contributed by atoms with Crippen LogP contribution in [-0.4, -0.2) is 24.5 Å². The van der Waals surface area contributed by atoms with E-state index in [-0.39, 0.29) is 0 Å². The molecule has 0 bridgehead atoms. The maximum atomic E-state index is 2.74. The normalized spacial score (nSPS) is 35.6. The summed E-state index contributed by atoms with van der Waals surface area (Å²) in [5.74, 6) is 2.88. The zero-order valence-corrected chi connectivity index (χ0v) is 10.5. The van der Waals surface area contributed by atoms with Crippen LogP contribution in [0.5, 0.6) is 0 Å². The Morgan fingerprint density at radius 2 is 1.53 bits per heavy atom. The number of nitrogens with zero attached hydrogens (tertiary/aromatic N) is 1. The lowest BCUT2D eigenvalue weighted by atomic mass is 9.86. The molecule has 0 N–H and O–H groups in total. The van der Waals surface area contributed by atoms with Crippen LogP contribution in [0.25, 0.3) is 0 Å². The van der Waals surface area contributed by atoms with Crippen molar-refractivity contribution in [2.75, 3.05) is 19.6 Å². The lowest BCUT2D eigenvalue weighted by molar-refractivity contribution is 0.112. The van der Waals surface area contributed by atoms with Gasteiger partial charge in [-0.25, -0.2) is 0 Å². The van der Waals surface area contributed by atoms with Gasteiger partial charge in [-0.15, -0.1) is 0 Å². The van der Waals surface area contributed by atoms with Gasteiger partial charge in [-0.3, -0.25) is 0 Å². The van der Waals surface area contributed by atoms with Gasteiger partial charge in [0.15, 0.2) is 0 Å². The molecule has 2 aliphatic rings. The number of hydrogen-bond donors (Lipinski definition) is 0. The molecule has 2 atom stereocenters. The molecule has 1 saturated carbocycles. The molecule has 2 fully saturated rings. The van der Waals surface area contributed by atoms with E-state index >= 15 is 0 Å². The van der Waals surface area contributed by atoms with Crippen molar-refractivity contribution in [2.24, 2.45) is 17.8 Å². The molecule has 0 spiro atoms. The summed E-state index contributed by atoms with van der Waals surface area (Å²) in [6.07, 6.45) is 8.91. The van der Waals surface area contributed by atoms with Crippen molar-refractivity contribution < 1.29 is 0 Å². The standard InChI is InChI=1S/C14H27N/c1-12-8-13(2)10-15(9-12)11-14-6-4-3-5-7-14/h12-14H,3-11H2,1-2H3. The summed E-state index contributed by atoms with van der Waals surface area (Å²) in [5.41, 5.74) is 0. The van der Waals surface area contributed by atoms with Crippen molar-refractivity contribution in [1.29, 1.82) is 0 Å². The van der Waals surface area contributed by atoms with E-state index in [0.29, 0.717) is 0 Å². The Hall–Kier alpha value is -0.0400. The average Bonchev–Trinajstić information content (AvgIpc) is 2.17. The number of hydrogen-bond acceptors (Lipinski definition) is 1. The van der Waals surface area contributed by atoms with E-state index in [2.05, 4.69) is 18.7 Å². The Bertz CT molecular complexity index is 174. The fourth-order valence-corrected chi connectivity index (χ4v) is 3.68. The molecular formula is C14H27N. The zero-order chi connectivity index (χ0) is 10.7. The fraction of sp³-hybridized carbons (Fsp3) is 1.00. The van der Waals surface area contributed by atoms with Crippen LogP contribution >= 0.6 is 0 Å². The molecule has 1 nitrogen and oxygen atoms in total. The quantitative estimate of drug-likeness (QED) is 0.672. The summed E-state index contributed by atoms with van der Waals surface area (Å²) < 4.78 is 0. The highest BCUT2D eigenvalue weighted by Crippen LogP contribution is 2.27. The van der Waals surface area contributed by atoms with Crippen LogP contribution in [0.3, 0.4) is 0 Å². The van der Waals surface area contributed by atoms with Gasteiger partial charge in [0.25, 0.3) is 0 Å². The van der Waals surface area contributed by atoms with E-state index in [1.165, 1.54) is 58.2 Å². The Kier molecular flexibility index (Phi) is 4.07. The highest BCUT2D eigenvalue weighted by Gasteiger charge is 2.24. The maximum Gasteiger partial charge on any atom is 0.000988 e. The largest absolute Gasteiger partial charge is 0.303 e. The third kappa shape index (κ3) is 3.48. The number of piperidine rings is 1. The Labute approximate surface area is 95.2 Å². The van der Waals surface area contributed by atoms with Crippen molar-refractivity contribution in [3.8, 4) is 0 Å². The summed E-state index contributed by atoms with van der Waals surface area (Å²) in [5, 5.41) is 0. The maximum absolute atomic E-state index is 2.74. The minimum Gasteiger partial charge on any atom is -0.303 e. The van der Waals surface area contributed by atoms with E-state index in [4.69, 9.17) is 0 Å². The Morgan fingerprint density at radius 1 is 0.933 bits per heavy atom. The SMILES string of the molecule is CC1CC(C)CN(CC2CCCCC2)C1. The number of rotatable bonds is 2. The third-order valence-electron chi connectivity index (χ3n) is 4.19. The van der Waals surface area contributed by atoms with Crippen LogP contribution in [0.4, 0.5) is 0 Å². The molecule has 1 aliphatic carbocycles. The zero-order valence-electron chi connectivity index (χ0n) is 10.5. The molecule has 0 radical (unpaired) electrons. The summed E-state index contributed by atoms with van der Waals surface area (Å²) in [6.45, 7) is 8.96. The molecule has 15 heavy (non-hydrogen) atoms. The van der Waals surface area contributed by atoms with Gasteiger partial charge in [-0.2, -0.15) is 0 Å². The van der Waals surface area contributed by atoms with Gasteiger partial charge in [0, 0.05) is 19.6 Å². The summed E-state index contributed by atoms with van der Waals surface area (Å²) >= 11 is 0. The van der Waals surface area contributed by atoms with Gasteiger partial charge in [0.2, 0.25) is 0 Å². The summed E-state index contributed by atoms with van der Waals surface area (Å²) in [6, 6.07) is 0. The molecule has 2 unspecified atom stereocenters. The van der Waals surface area contributed by atoms with Crippen LogP contribution in [0, 0.1) is 17.8 Å². The first kappa shape index (κ1) is 11.4. The van der Waals surface area contributed by atoms with E-state index < -0.39 is 0 Å². The minimum absolute atomic E-state index is 0.928. The smallest absolute Gasteiger partial charge is 0.000988 e. The Balaban J connectivity index is 1.77. The first-order valence-corrected chi connectivity index (χ1v) is 6.96. The van der Waals surface area contributed by atoms with Gasteiger partial charge < -0.3 is 4.90 Å². The fourth-order valence-electron chi connectivity index (χ4n) is 3.68. The molecule has 1 aliphatic heterocycles. The van der Waals surface area contributed by atoms with Crippen molar-refractivity contribution in [2.45, 2.75) is 52.4 Å². The molecule has 1 heteroatoms. The minimum atomic E-state index is 0.928. The van der Waals surface area contributed by atoms with Gasteiger partial charge >= 0.3 is 0 Å². The first-order valence-electron chi connectivity index (χ1n) is 6.96. The predicted octanol–water partition coefficient (Wildman–Crippen LogP) is 3.54. The molecule has 0 aromatic rings. The average molecular weight is 209 g/mol. The van der Waals surface area contributed by atoms with E-state index in [1.807, 2.05) is 0 Å². The lowest BCUT2D eigenvalue weighted by Gasteiger charge is -2.37. The van der Waals surface area contributed by atoms with Crippen LogP contribution < -0.4 is 0 Å². The second-order valence-corrected chi connectivity index (χ2v) is 6.17. The van der Waals surface area contributed by atoms with Crippen molar-refractivity contribution >= 4 is 0 Å². The van der Waals surface area contributed by atoms with Gasteiger partial charge in [0.1, 0.15) is 0 Å². The van der Waals surface area contributed by atoms with Crippen LogP contribution in [0.1, 0.15) is 52.4 Å². The molecule has 0 aromatic heterocycles. The lowest BCUT2D eigenvalue weighted by Crippen LogP contribution is -2.41. The second kappa shape index (κ2) is 5.34. The van der Waals surface area contributed by atoms with Crippen molar-refractivity contribution in [1.82, 2.24) is 4.90 Å². The van der Waals surface area contributed by atoms with Gasteiger partial charge in [0.05, 0.1) is 0 Å². The predicted molar refractivity (Wildman–Crippen MR) is 66.0 cm³/mol. The topological polar surface area (TPSA) is 3.24 Å². The van der Waals surface area contributed by atoms with E-state index in [1.54, 1.807) is 0 Å². The van der Waals surface area contributed by atoms with Crippen LogP contribution in [0.15, 0.2) is 0 Å². The molecule has 1 heterocycles. The summed E-state index contributed by atoms with van der Waals surface area (Å²) in [7, 11) is 0. The molecule has 1 saturated heterocycles. The molecule has 0 aromatic carbocycles. The van der Waals surface area contributed by atoms with Gasteiger partial charge in [-0.1, -0.05) is 33.1 Å². The molecular weight excluding hydrogens is 182 g/mol. The third-order valence-corrected chi connectivity index (χ3v) is 4.19. The monoisotopic (exact) mass is 209 g/mol. The molecule has 0 amide bonds. The highest BCUT2D eigenvalue weighted by atomic mass is 15.1. The first-order chi connectivity index (χ1) is 7.24. The second-order valence-electron chi connectivity index (χ2n) is 6.17. The molecule has 88 valence electrons. The van der Waals surface area contributed by atoms with E-state index in [0.717, 1.165) is 17.8 Å². The van der Waals surface area contributed by atoms with Crippen LogP contribution in [0.2, 0.25) is 0 Å². The van der Waals surface area contributed by atoms with E-state index in [9.17, 15) is 0 Å². The number of likely N-dealkylation sites (tertiary alicyclic amines) is 1. The highest BCUT2D eigenvalue weighted by molar-refractivity contribution is 4.78. The van der Waals surface area contributed by atoms with Crippen molar-refractivity contribution in [3.05, 3.63) is 0 Å². The Morgan fingerprint density at radius 3 is 2.13 bits per heavy atom.